The Balaban J connectivity index is 1.84. The molecule has 0 aliphatic heterocycles. The first kappa shape index (κ1) is 17.0. The summed E-state index contributed by atoms with van der Waals surface area (Å²) in [4.78, 5) is 11.9. The van der Waals surface area contributed by atoms with Gasteiger partial charge >= 0.3 is 6.03 Å². The predicted molar refractivity (Wildman–Crippen MR) is 87.9 cm³/mol. The van der Waals surface area contributed by atoms with Crippen LogP contribution in [0.5, 0.6) is 17.2 Å². The Bertz CT molecular complexity index is 547. The number of ether oxygens (including phenoxy) is 2. The van der Waals surface area contributed by atoms with Crippen LogP contribution in [0.3, 0.4) is 0 Å². The number of methoxy groups -OCH3 is 2. The second-order valence-electron chi connectivity index (χ2n) is 5.56. The van der Waals surface area contributed by atoms with Crippen LogP contribution in [-0.4, -0.2) is 31.9 Å². The van der Waals surface area contributed by atoms with E-state index in [0.717, 1.165) is 24.8 Å². The molecule has 1 atom stereocenters. The number of urea groups is 1. The molecule has 23 heavy (non-hydrogen) atoms. The van der Waals surface area contributed by atoms with E-state index in [4.69, 9.17) is 9.47 Å². The van der Waals surface area contributed by atoms with Gasteiger partial charge in [-0.1, -0.05) is 12.2 Å². The molecule has 0 saturated heterocycles. The summed E-state index contributed by atoms with van der Waals surface area (Å²) in [5.41, 5.74) is 0.784. The number of aromatic hydroxyl groups is 1. The zero-order valence-corrected chi connectivity index (χ0v) is 13.6. The molecule has 1 aliphatic carbocycles. The largest absolute Gasteiger partial charge is 0.502 e. The van der Waals surface area contributed by atoms with Gasteiger partial charge in [0.15, 0.2) is 11.5 Å². The number of allylic oxidation sites excluding steroid dienone is 2. The summed E-state index contributed by atoms with van der Waals surface area (Å²) < 4.78 is 10.2. The Morgan fingerprint density at radius 3 is 2.48 bits per heavy atom. The molecule has 0 saturated carbocycles. The zero-order chi connectivity index (χ0) is 16.7. The molecule has 0 heterocycles. The van der Waals surface area contributed by atoms with E-state index in [-0.39, 0.29) is 11.8 Å². The molecule has 1 aromatic rings. The van der Waals surface area contributed by atoms with Crippen LogP contribution in [0.25, 0.3) is 0 Å². The lowest BCUT2D eigenvalue weighted by molar-refractivity contribution is 0.238. The van der Waals surface area contributed by atoms with Crippen molar-refractivity contribution in [3.8, 4) is 17.2 Å². The van der Waals surface area contributed by atoms with Gasteiger partial charge in [-0.05, 0) is 42.9 Å². The highest BCUT2D eigenvalue weighted by Crippen LogP contribution is 2.36. The molecule has 6 nitrogen and oxygen atoms in total. The van der Waals surface area contributed by atoms with E-state index in [1.54, 1.807) is 12.1 Å². The van der Waals surface area contributed by atoms with Crippen molar-refractivity contribution >= 4 is 6.03 Å². The van der Waals surface area contributed by atoms with Crippen LogP contribution in [0.2, 0.25) is 0 Å². The third-order valence-electron chi connectivity index (χ3n) is 3.92. The van der Waals surface area contributed by atoms with Gasteiger partial charge in [0.25, 0.3) is 0 Å². The van der Waals surface area contributed by atoms with E-state index >= 15 is 0 Å². The molecule has 0 radical (unpaired) electrons. The molecule has 126 valence electrons. The Morgan fingerprint density at radius 1 is 1.22 bits per heavy atom. The molecule has 1 aromatic carbocycles. The Labute approximate surface area is 136 Å². The van der Waals surface area contributed by atoms with E-state index in [1.807, 2.05) is 0 Å². The Morgan fingerprint density at radius 2 is 1.91 bits per heavy atom. The highest BCUT2D eigenvalue weighted by Gasteiger charge is 2.13. The number of benzene rings is 1. The zero-order valence-electron chi connectivity index (χ0n) is 13.6. The quantitative estimate of drug-likeness (QED) is 0.704. The normalized spacial score (nSPS) is 16.7. The monoisotopic (exact) mass is 320 g/mol. The summed E-state index contributed by atoms with van der Waals surface area (Å²) in [6.07, 6.45) is 7.57. The van der Waals surface area contributed by atoms with E-state index in [1.165, 1.54) is 14.2 Å². The Kier molecular flexibility index (Phi) is 6.14. The van der Waals surface area contributed by atoms with E-state index < -0.39 is 0 Å². The lowest BCUT2D eigenvalue weighted by Gasteiger charge is -2.18. The highest BCUT2D eigenvalue weighted by molar-refractivity contribution is 5.73. The first-order chi connectivity index (χ1) is 11.1. The van der Waals surface area contributed by atoms with Crippen molar-refractivity contribution in [3.05, 3.63) is 29.8 Å². The van der Waals surface area contributed by atoms with Gasteiger partial charge in [-0.15, -0.1) is 0 Å². The molecule has 6 heteroatoms. The highest BCUT2D eigenvalue weighted by atomic mass is 16.5. The fourth-order valence-corrected chi connectivity index (χ4v) is 2.57. The minimum Gasteiger partial charge on any atom is -0.502 e. The maximum atomic E-state index is 11.9. The van der Waals surface area contributed by atoms with Crippen molar-refractivity contribution in [2.75, 3.05) is 20.8 Å². The van der Waals surface area contributed by atoms with Crippen LogP contribution in [0.1, 0.15) is 24.8 Å². The van der Waals surface area contributed by atoms with E-state index in [0.29, 0.717) is 30.5 Å². The molecule has 2 rings (SSSR count). The van der Waals surface area contributed by atoms with E-state index in [9.17, 15) is 9.90 Å². The summed E-state index contributed by atoms with van der Waals surface area (Å²) >= 11 is 0. The number of nitrogens with one attached hydrogen (secondary N) is 2. The van der Waals surface area contributed by atoms with Crippen molar-refractivity contribution < 1.29 is 19.4 Å². The first-order valence-electron chi connectivity index (χ1n) is 7.74. The molecule has 3 N–H and O–H groups in total. The number of phenols is 1. The maximum absolute atomic E-state index is 11.9. The van der Waals surface area contributed by atoms with Crippen molar-refractivity contribution in [1.82, 2.24) is 10.6 Å². The molecule has 1 unspecified atom stereocenters. The average molecular weight is 320 g/mol. The molecule has 2 amide bonds. The molecule has 0 fully saturated rings. The van der Waals surface area contributed by atoms with Gasteiger partial charge < -0.3 is 25.2 Å². The third kappa shape index (κ3) is 4.81. The fourth-order valence-electron chi connectivity index (χ4n) is 2.57. The second-order valence-corrected chi connectivity index (χ2v) is 5.56. The lowest BCUT2D eigenvalue weighted by Crippen LogP contribution is -2.38. The number of phenolic OH excluding ortho intramolecular Hbond substituents is 1. The van der Waals surface area contributed by atoms with Crippen LogP contribution in [0.4, 0.5) is 4.79 Å². The predicted octanol–water partition coefficient (Wildman–Crippen LogP) is 2.56. The first-order valence-corrected chi connectivity index (χ1v) is 7.74. The summed E-state index contributed by atoms with van der Waals surface area (Å²) in [6.45, 7) is 1.00. The summed E-state index contributed by atoms with van der Waals surface area (Å²) in [7, 11) is 2.94. The molecule has 0 aromatic heterocycles. The van der Waals surface area contributed by atoms with Crippen LogP contribution >= 0.6 is 0 Å². The Hall–Kier alpha value is -2.37. The molecule has 1 aliphatic rings. The van der Waals surface area contributed by atoms with Crippen molar-refractivity contribution in [2.24, 2.45) is 5.92 Å². The minimum atomic E-state index is -0.203. The number of rotatable bonds is 6. The number of amides is 2. The van der Waals surface area contributed by atoms with Gasteiger partial charge in [0, 0.05) is 13.1 Å². The van der Waals surface area contributed by atoms with Gasteiger partial charge in [-0.25, -0.2) is 4.79 Å². The summed E-state index contributed by atoms with van der Waals surface area (Å²) in [5, 5.41) is 15.6. The van der Waals surface area contributed by atoms with Crippen molar-refractivity contribution in [2.45, 2.75) is 25.8 Å². The van der Waals surface area contributed by atoms with E-state index in [2.05, 4.69) is 22.8 Å². The molecular weight excluding hydrogens is 296 g/mol. The number of hydrogen-bond donors (Lipinski definition) is 3. The van der Waals surface area contributed by atoms with Gasteiger partial charge in [0.2, 0.25) is 5.75 Å². The number of hydrogen-bond acceptors (Lipinski definition) is 4. The average Bonchev–Trinajstić information content (AvgIpc) is 2.59. The fraction of sp³-hybridized carbons (Fsp3) is 0.471. The number of carbonyl (C=O) groups excluding carboxylic acids is 1. The van der Waals surface area contributed by atoms with Crippen molar-refractivity contribution in [3.63, 3.8) is 0 Å². The third-order valence-corrected chi connectivity index (χ3v) is 3.92. The summed E-state index contributed by atoms with van der Waals surface area (Å²) in [5.74, 6) is 1.10. The smallest absolute Gasteiger partial charge is 0.315 e. The van der Waals surface area contributed by atoms with Crippen LogP contribution in [-0.2, 0) is 6.54 Å². The van der Waals surface area contributed by atoms with Crippen LogP contribution in [0.15, 0.2) is 24.3 Å². The molecular formula is C17H24N2O4. The summed E-state index contributed by atoms with van der Waals surface area (Å²) in [6, 6.07) is 3.14. The van der Waals surface area contributed by atoms with Crippen molar-refractivity contribution in [1.29, 1.82) is 0 Å². The van der Waals surface area contributed by atoms with Gasteiger partial charge in [0.05, 0.1) is 14.2 Å². The molecule has 0 bridgehead atoms. The van der Waals surface area contributed by atoms with Gasteiger partial charge in [0.1, 0.15) is 0 Å². The standard InChI is InChI=1S/C17H24N2O4/c1-22-14-8-13(9-15(23-2)16(14)20)11-19-17(21)18-10-12-6-4-3-5-7-12/h3-4,8-9,12,20H,5-7,10-11H2,1-2H3,(H2,18,19,21). The topological polar surface area (TPSA) is 79.8 Å². The van der Waals surface area contributed by atoms with Crippen LogP contribution < -0.4 is 20.1 Å². The van der Waals surface area contributed by atoms with Gasteiger partial charge in [-0.3, -0.25) is 0 Å². The van der Waals surface area contributed by atoms with Crippen LogP contribution in [0, 0.1) is 5.92 Å². The second kappa shape index (κ2) is 8.31. The molecule has 0 spiro atoms. The lowest BCUT2D eigenvalue weighted by atomic mass is 9.94. The number of carbonyl (C=O) groups is 1. The minimum absolute atomic E-state index is 0.0476. The maximum Gasteiger partial charge on any atom is 0.315 e. The SMILES string of the molecule is COc1cc(CNC(=O)NCC2CC=CCC2)cc(OC)c1O. The van der Waals surface area contributed by atoms with Gasteiger partial charge in [-0.2, -0.15) is 0 Å².